The Kier molecular flexibility index (Phi) is 24.7. The smallest absolute Gasteiger partial charge is 0.318 e. The summed E-state index contributed by atoms with van der Waals surface area (Å²) in [5.41, 5.74) is 16.1. The van der Waals surface area contributed by atoms with E-state index in [9.17, 15) is 39.4 Å². The van der Waals surface area contributed by atoms with Gasteiger partial charge in [0, 0.05) is 156 Å². The van der Waals surface area contributed by atoms with Gasteiger partial charge < -0.3 is 67.9 Å². The van der Waals surface area contributed by atoms with Crippen LogP contribution in [0.5, 0.6) is 46.0 Å². The van der Waals surface area contributed by atoms with E-state index in [2.05, 4.69) is 69.5 Å². The highest BCUT2D eigenvalue weighted by atomic mass is 35.5. The lowest BCUT2D eigenvalue weighted by Crippen LogP contribution is -2.41. The number of ether oxygens (including phenoxy) is 12. The summed E-state index contributed by atoms with van der Waals surface area (Å²) in [6.07, 6.45) is 12.3. The highest BCUT2D eigenvalue weighted by Gasteiger charge is 2.55. The summed E-state index contributed by atoms with van der Waals surface area (Å²) >= 11 is 4.71. The van der Waals surface area contributed by atoms with Crippen LogP contribution >= 0.6 is 11.6 Å². The van der Waals surface area contributed by atoms with Gasteiger partial charge in [-0.3, -0.25) is 73.4 Å². The second-order valence-corrected chi connectivity index (χ2v) is 31.8. The van der Waals surface area contributed by atoms with E-state index in [-0.39, 0.29) is 90.8 Å². The Morgan fingerprint density at radius 3 is 1.18 bits per heavy atom. The zero-order valence-corrected chi connectivity index (χ0v) is 72.8. The van der Waals surface area contributed by atoms with Crippen LogP contribution in [-0.4, -0.2) is 159 Å². The lowest BCUT2D eigenvalue weighted by Gasteiger charge is -2.36. The minimum atomic E-state index is -1.24. The molecule has 11 aromatic rings. The summed E-state index contributed by atoms with van der Waals surface area (Å²) in [6.45, 7) is 7.41. The number of H-pyrrole nitrogens is 3. The fourth-order valence-corrected chi connectivity index (χ4v) is 18.9. The molecule has 678 valence electrons. The van der Waals surface area contributed by atoms with Gasteiger partial charge in [-0.15, -0.1) is 0 Å². The maximum atomic E-state index is 15.4. The molecular formula is C86H89ClF4N18O20. The topological polar surface area (TPSA) is 461 Å². The Labute approximate surface area is 736 Å². The number of aryl methyl sites for hydroxylation is 4. The van der Waals surface area contributed by atoms with Gasteiger partial charge in [-0.1, -0.05) is 13.2 Å². The molecule has 5 unspecified atom stereocenters. The Morgan fingerprint density at radius 1 is 0.496 bits per heavy atom. The third-order valence-electron chi connectivity index (χ3n) is 25.0. The molecule has 0 saturated heterocycles. The molecule has 4 aromatic carbocycles. The first-order chi connectivity index (χ1) is 61.8. The number of allylic oxidation sites excluding steroid dienone is 1. The van der Waals surface area contributed by atoms with Crippen LogP contribution in [0.15, 0.2) is 74.4 Å². The number of hydrogen-bond acceptors (Lipinski definition) is 28. The summed E-state index contributed by atoms with van der Waals surface area (Å²) in [4.78, 5) is 68.8. The average Bonchev–Trinajstić information content (AvgIpc) is 1.54. The van der Waals surface area contributed by atoms with Gasteiger partial charge in [-0.2, -0.15) is 35.7 Å². The number of Topliss-reactive ketones (excluding diaryl/α,β-unsaturated/α-hetero) is 2. The number of amides is 1. The van der Waals surface area contributed by atoms with Crippen LogP contribution in [0.3, 0.4) is 0 Å². The maximum Gasteiger partial charge on any atom is 0.318 e. The van der Waals surface area contributed by atoms with Crippen molar-refractivity contribution in [1.29, 1.82) is 0 Å². The van der Waals surface area contributed by atoms with Crippen molar-refractivity contribution in [2.24, 2.45) is 34.1 Å². The van der Waals surface area contributed by atoms with Crippen molar-refractivity contribution < 1.29 is 103 Å². The normalized spacial score (nSPS) is 19.6. The number of carbonyl (C=O) groups is 4. The molecular weight excluding hydrogens is 1720 g/mol. The van der Waals surface area contributed by atoms with Gasteiger partial charge in [0.15, 0.2) is 63.4 Å². The Hall–Kier alpha value is -13.8. The maximum absolute atomic E-state index is 15.4. The van der Waals surface area contributed by atoms with Crippen LogP contribution in [0.25, 0.3) is 34.2 Å². The second kappa shape index (κ2) is 35.4. The summed E-state index contributed by atoms with van der Waals surface area (Å²) in [5.74, 6) is -2.08. The minimum Gasteiger partial charge on any atom is -0.496 e. The van der Waals surface area contributed by atoms with E-state index in [0.29, 0.717) is 155 Å². The van der Waals surface area contributed by atoms with Crippen LogP contribution in [0, 0.1) is 49.4 Å². The number of aromatic nitrogens is 14. The quantitative estimate of drug-likeness (QED) is 0.0101. The number of benzene rings is 4. The van der Waals surface area contributed by atoms with Gasteiger partial charge in [0.2, 0.25) is 11.1 Å². The van der Waals surface area contributed by atoms with Crippen LogP contribution < -0.4 is 48.9 Å². The van der Waals surface area contributed by atoms with Crippen LogP contribution in [-0.2, 0) is 149 Å². The molecule has 5 atom stereocenters. The molecule has 19 rings (SSSR count). The molecule has 6 N–H and O–H groups in total. The number of carbonyl (C=O) groups excluding carboxylic acids is 4. The summed E-state index contributed by atoms with van der Waals surface area (Å²) in [6, 6.07) is 6.08. The number of aromatic amines is 3. The number of nitrogens with one attached hydrogen (secondary N) is 4. The van der Waals surface area contributed by atoms with E-state index in [0.717, 1.165) is 67.7 Å². The fraction of sp³-hybridized carbons (Fsp3) is 0.384. The van der Waals surface area contributed by atoms with Crippen molar-refractivity contribution in [1.82, 2.24) is 69.7 Å². The third kappa shape index (κ3) is 15.4. The highest BCUT2D eigenvalue weighted by Crippen LogP contribution is 2.58. The molecule has 4 spiro atoms. The minimum absolute atomic E-state index is 0.0309. The number of anilines is 2. The predicted octanol–water partition coefficient (Wildman–Crippen LogP) is 11.7. The average molecular weight is 1810 g/mol. The molecule has 0 radical (unpaired) electrons. The third-order valence-corrected chi connectivity index (χ3v) is 25.1. The van der Waals surface area contributed by atoms with Gasteiger partial charge >= 0.3 is 11.4 Å². The van der Waals surface area contributed by atoms with Crippen molar-refractivity contribution in [3.63, 3.8) is 0 Å². The number of methoxy groups -OCH3 is 8. The molecule has 4 aliphatic carbocycles. The Balaban J connectivity index is 0.000000130. The van der Waals surface area contributed by atoms with E-state index in [1.807, 2.05) is 7.05 Å². The van der Waals surface area contributed by atoms with Gasteiger partial charge in [-0.05, 0) is 75.1 Å². The molecule has 11 heterocycles. The number of ketones is 2. The molecule has 129 heavy (non-hydrogen) atoms. The zero-order chi connectivity index (χ0) is 92.4. The lowest BCUT2D eigenvalue weighted by atomic mass is 9.72. The molecule has 0 bridgehead atoms. The number of fused-ring (bicyclic) bond motifs is 11. The van der Waals surface area contributed by atoms with E-state index in [1.165, 1.54) is 78.8 Å². The molecule has 7 aromatic heterocycles. The van der Waals surface area contributed by atoms with Gasteiger partial charge in [0.1, 0.15) is 92.0 Å². The van der Waals surface area contributed by atoms with Crippen molar-refractivity contribution in [3.8, 4) is 80.2 Å². The zero-order valence-electron chi connectivity index (χ0n) is 72.0. The Bertz CT molecular complexity index is 6370. The van der Waals surface area contributed by atoms with Crippen LogP contribution in [0.2, 0.25) is 0 Å². The number of nitrogens with zero attached hydrogens (tertiary/aromatic N) is 13. The molecule has 1 fully saturated rings. The second-order valence-electron chi connectivity index (χ2n) is 31.5. The summed E-state index contributed by atoms with van der Waals surface area (Å²) in [7, 11) is 18.4. The van der Waals surface area contributed by atoms with Crippen molar-refractivity contribution >= 4 is 57.1 Å². The van der Waals surface area contributed by atoms with Crippen LogP contribution in [0.1, 0.15) is 127 Å². The van der Waals surface area contributed by atoms with Crippen LogP contribution in [0.4, 0.5) is 40.3 Å². The van der Waals surface area contributed by atoms with Gasteiger partial charge in [0.25, 0.3) is 0 Å². The SMILES string of the molecule is C=CC(=O)Cl.C=CC(=O)Nc1cnn(C)c1-c1n[nH]c2c1CCC1(C2)OCc2c(OC)cc(OC)c(F)c21.COc1cc(OC)c2c(c1F)C1(CCC(C(=O)c3c([N+](=O)[O-])cnn3C)C(=O)C1)OC2.COc1cc(OC)c2c(c1F)C1(CCc3c(-c4c(N)cnn4C)n[nH]c3C1)OC2.COc1cc(OC)c2c(c1F)C1(CCc3c(-c4c([N+](=O)[O-])cnn4C)n[nH]c3C1)OC2. The van der Waals surface area contributed by atoms with Crippen molar-refractivity contribution in [2.75, 3.05) is 67.9 Å². The van der Waals surface area contributed by atoms with E-state index in [4.69, 9.17) is 74.2 Å². The number of nitrogen functional groups attached to an aromatic ring is 1. The van der Waals surface area contributed by atoms with Gasteiger partial charge in [0.05, 0.1) is 123 Å². The monoisotopic (exact) mass is 1800 g/mol. The number of rotatable bonds is 18. The van der Waals surface area contributed by atoms with Crippen molar-refractivity contribution in [3.05, 3.63) is 202 Å². The number of halogens is 5. The molecule has 1 amide bonds. The molecule has 1 saturated carbocycles. The molecule has 43 heteroatoms. The molecule has 4 aliphatic heterocycles. The summed E-state index contributed by atoms with van der Waals surface area (Å²) < 4.78 is 134. The van der Waals surface area contributed by atoms with Crippen molar-refractivity contribution in [2.45, 2.75) is 126 Å². The van der Waals surface area contributed by atoms with E-state index in [1.54, 1.807) is 62.2 Å². The molecule has 8 aliphatic rings. The first kappa shape index (κ1) is 90.0. The first-order valence-corrected chi connectivity index (χ1v) is 40.6. The first-order valence-electron chi connectivity index (χ1n) is 40.3. The lowest BCUT2D eigenvalue weighted by molar-refractivity contribution is -0.385. The summed E-state index contributed by atoms with van der Waals surface area (Å²) in [5, 5.41) is 63.8. The van der Waals surface area contributed by atoms with Gasteiger partial charge in [-0.25, -0.2) is 17.6 Å². The number of nitrogens with two attached hydrogens (primary N) is 1. The van der Waals surface area contributed by atoms with E-state index >= 15 is 17.6 Å². The predicted molar refractivity (Wildman–Crippen MR) is 450 cm³/mol. The Morgan fingerprint density at radius 2 is 0.829 bits per heavy atom. The highest BCUT2D eigenvalue weighted by molar-refractivity contribution is 6.66. The fourth-order valence-electron chi connectivity index (χ4n) is 18.9. The van der Waals surface area contributed by atoms with E-state index < -0.39 is 78.1 Å². The molecule has 38 nitrogen and oxygen atoms in total. The number of nitro groups is 2. The standard InChI is InChI=1S/C23H24FN5O4.C20H20FN5O5.C20H22FN5O3.C20H20FN3O7.C3H3ClO/c1-5-18(30)26-15-10-25-29(2)22(15)21-12-6-7-23(9-14(12)27-28-21)19-13(11-33-23)16(31-3)8-17(32-4)20(19)24;1-25-19(13(8-22-25)26(27)28)18-10-4-5-20(7-12(10)23-24-18)16-11(9-31-20)14(29-2)6-15(30-3)17(16)21;1-26-19(12(22)8-23-26)18-10-4-5-20(7-13(10)24-25-18)16-11(9-29-20)14(27-2)6-15(28-3)17(16)21;1-23-18(12(8-22-23)24(27)28)19(26)10-4-5-20(7-13(10)25)16-11(9-31-20)14(29-2)6-15(30-3)17(16)21;1-2-3(4)5/h5,8,10H,1,6-7,9,11H2,2-4H3,(H,26,30)(H,27,28);6,8H,4-5,7,9H2,1-3H3,(H,23,24);6,8H,4-5,7,9,22H2,1-3H3,(H,24,25);6,8,10H,4-5,7,9H2,1-3H3;2H,1H2. The largest absolute Gasteiger partial charge is 0.496 e. The number of hydrogen-bond donors (Lipinski definition) is 5.